The summed E-state index contributed by atoms with van der Waals surface area (Å²) < 4.78 is 27.0. The molecule has 0 unspecified atom stereocenters. The lowest BCUT2D eigenvalue weighted by Crippen LogP contribution is -2.25. The Kier molecular flexibility index (Phi) is 3.01. The van der Waals surface area contributed by atoms with Crippen LogP contribution in [0.1, 0.15) is 32.7 Å². The maximum atomic E-state index is 13.1. The van der Waals surface area contributed by atoms with Crippen LogP contribution in [0.2, 0.25) is 0 Å². The van der Waals surface area contributed by atoms with Gasteiger partial charge in [0.1, 0.15) is 5.82 Å². The molecule has 0 spiro atoms. The Morgan fingerprint density at radius 2 is 1.77 bits per heavy atom. The molecule has 2 aromatic rings. The van der Waals surface area contributed by atoms with E-state index in [0.717, 1.165) is 16.7 Å². The van der Waals surface area contributed by atoms with Crippen molar-refractivity contribution in [2.45, 2.75) is 6.43 Å². The van der Waals surface area contributed by atoms with Crippen LogP contribution in [-0.4, -0.2) is 16.4 Å². The second-order valence-corrected chi connectivity index (χ2v) is 4.63. The van der Waals surface area contributed by atoms with Crippen LogP contribution in [0.4, 0.5) is 14.6 Å². The number of para-hydroxylation sites is 1. The third-order valence-corrected chi connectivity index (χ3v) is 3.37. The number of aromatic nitrogens is 1. The molecule has 1 aliphatic rings. The molecule has 6 nitrogen and oxygen atoms in total. The van der Waals surface area contributed by atoms with Gasteiger partial charge < -0.3 is 5.73 Å². The first-order valence-corrected chi connectivity index (χ1v) is 6.20. The number of anilines is 1. The zero-order valence-corrected chi connectivity index (χ0v) is 11.0. The molecule has 2 heterocycles. The Bertz CT molecular complexity index is 874. The standard InChI is InChI=1S/C14H9F2N3O3/c15-11(16)6-3-1-2-4-8(6)19-9(20)5-7-10(12(19)17)14(22)18-13(7)21/h1-5,11H,17H2,(H,18,21,22). The van der Waals surface area contributed by atoms with E-state index in [9.17, 15) is 23.2 Å². The van der Waals surface area contributed by atoms with Gasteiger partial charge in [0.2, 0.25) is 0 Å². The summed E-state index contributed by atoms with van der Waals surface area (Å²) >= 11 is 0. The van der Waals surface area contributed by atoms with Gasteiger partial charge in [-0.25, -0.2) is 8.78 Å². The van der Waals surface area contributed by atoms with Crippen molar-refractivity contribution >= 4 is 17.6 Å². The van der Waals surface area contributed by atoms with E-state index in [1.54, 1.807) is 0 Å². The first kappa shape index (κ1) is 13.9. The molecule has 0 fully saturated rings. The summed E-state index contributed by atoms with van der Waals surface area (Å²) in [6, 6.07) is 6.22. The number of rotatable bonds is 2. The monoisotopic (exact) mass is 305 g/mol. The minimum atomic E-state index is -2.83. The number of nitrogen functional groups attached to an aromatic ring is 1. The number of halogens is 2. The van der Waals surface area contributed by atoms with E-state index in [-0.39, 0.29) is 22.6 Å². The lowest BCUT2D eigenvalue weighted by atomic mass is 10.1. The molecule has 8 heteroatoms. The Morgan fingerprint density at radius 1 is 1.09 bits per heavy atom. The highest BCUT2D eigenvalue weighted by molar-refractivity contribution is 6.23. The lowest BCUT2D eigenvalue weighted by Gasteiger charge is -2.15. The minimum absolute atomic E-state index is 0.130. The summed E-state index contributed by atoms with van der Waals surface area (Å²) in [6.07, 6.45) is -2.83. The summed E-state index contributed by atoms with van der Waals surface area (Å²) in [7, 11) is 0. The maximum absolute atomic E-state index is 13.1. The molecule has 1 aromatic carbocycles. The van der Waals surface area contributed by atoms with Crippen molar-refractivity contribution in [3.63, 3.8) is 0 Å². The highest BCUT2D eigenvalue weighted by Gasteiger charge is 2.32. The van der Waals surface area contributed by atoms with Crippen LogP contribution in [0.3, 0.4) is 0 Å². The molecule has 0 radical (unpaired) electrons. The minimum Gasteiger partial charge on any atom is -0.384 e. The van der Waals surface area contributed by atoms with Gasteiger partial charge in [-0.3, -0.25) is 24.3 Å². The Labute approximate surface area is 122 Å². The average Bonchev–Trinajstić information content (AvgIpc) is 2.74. The van der Waals surface area contributed by atoms with Crippen molar-refractivity contribution in [2.24, 2.45) is 0 Å². The summed E-state index contributed by atoms with van der Waals surface area (Å²) in [6.45, 7) is 0. The van der Waals surface area contributed by atoms with E-state index >= 15 is 0 Å². The molecule has 0 saturated carbocycles. The fourth-order valence-corrected chi connectivity index (χ4v) is 2.40. The molecule has 112 valence electrons. The Morgan fingerprint density at radius 3 is 2.45 bits per heavy atom. The fraction of sp³-hybridized carbons (Fsp3) is 0.0714. The number of benzene rings is 1. The highest BCUT2D eigenvalue weighted by Crippen LogP contribution is 2.28. The van der Waals surface area contributed by atoms with Crippen molar-refractivity contribution in [2.75, 3.05) is 5.73 Å². The van der Waals surface area contributed by atoms with Crippen LogP contribution in [-0.2, 0) is 0 Å². The molecule has 1 aromatic heterocycles. The topological polar surface area (TPSA) is 94.2 Å². The van der Waals surface area contributed by atoms with E-state index in [1.165, 1.54) is 18.2 Å². The number of pyridine rings is 1. The van der Waals surface area contributed by atoms with E-state index in [4.69, 9.17) is 5.73 Å². The van der Waals surface area contributed by atoms with Crippen molar-refractivity contribution in [3.05, 3.63) is 57.4 Å². The molecule has 0 saturated heterocycles. The van der Waals surface area contributed by atoms with Crippen molar-refractivity contribution < 1.29 is 18.4 Å². The van der Waals surface area contributed by atoms with Crippen LogP contribution in [0.5, 0.6) is 0 Å². The van der Waals surface area contributed by atoms with Gasteiger partial charge in [0.25, 0.3) is 23.8 Å². The molecule has 1 aliphatic heterocycles. The predicted molar refractivity (Wildman–Crippen MR) is 73.2 cm³/mol. The second-order valence-electron chi connectivity index (χ2n) is 4.63. The second kappa shape index (κ2) is 4.76. The zero-order valence-electron chi connectivity index (χ0n) is 11.0. The number of nitrogens with two attached hydrogens (primary N) is 1. The van der Waals surface area contributed by atoms with Gasteiger partial charge >= 0.3 is 0 Å². The predicted octanol–water partition coefficient (Wildman–Crippen LogP) is 1.24. The number of fused-ring (bicyclic) bond motifs is 1. The average molecular weight is 305 g/mol. The smallest absolute Gasteiger partial charge is 0.265 e. The number of nitrogens with zero attached hydrogens (tertiary/aromatic N) is 1. The summed E-state index contributed by atoms with van der Waals surface area (Å²) in [5.74, 6) is -1.85. The van der Waals surface area contributed by atoms with E-state index in [1.807, 2.05) is 5.32 Å². The largest absolute Gasteiger partial charge is 0.384 e. The van der Waals surface area contributed by atoms with Gasteiger partial charge in [-0.1, -0.05) is 18.2 Å². The van der Waals surface area contributed by atoms with Crippen molar-refractivity contribution in [1.29, 1.82) is 0 Å². The Balaban J connectivity index is 2.36. The first-order valence-electron chi connectivity index (χ1n) is 6.20. The number of hydrogen-bond donors (Lipinski definition) is 2. The van der Waals surface area contributed by atoms with Gasteiger partial charge in [0, 0.05) is 11.6 Å². The molecule has 22 heavy (non-hydrogen) atoms. The molecule has 0 aliphatic carbocycles. The summed E-state index contributed by atoms with van der Waals surface area (Å²) in [4.78, 5) is 35.5. The summed E-state index contributed by atoms with van der Waals surface area (Å²) in [5.41, 5.74) is 4.15. The third-order valence-electron chi connectivity index (χ3n) is 3.37. The van der Waals surface area contributed by atoms with Crippen molar-refractivity contribution in [3.8, 4) is 5.69 Å². The van der Waals surface area contributed by atoms with Crippen LogP contribution in [0, 0.1) is 0 Å². The van der Waals surface area contributed by atoms with Crippen LogP contribution < -0.4 is 16.6 Å². The van der Waals surface area contributed by atoms with Gasteiger partial charge in [-0.05, 0) is 6.07 Å². The van der Waals surface area contributed by atoms with Gasteiger partial charge in [0.05, 0.1) is 16.8 Å². The zero-order chi connectivity index (χ0) is 16.0. The normalized spacial score (nSPS) is 13.4. The number of imide groups is 1. The molecule has 0 atom stereocenters. The fourth-order valence-electron chi connectivity index (χ4n) is 2.40. The molecular formula is C14H9F2N3O3. The van der Waals surface area contributed by atoms with Gasteiger partial charge in [0.15, 0.2) is 0 Å². The van der Waals surface area contributed by atoms with Crippen LogP contribution in [0.25, 0.3) is 5.69 Å². The SMILES string of the molecule is Nc1c2c(cc(=O)n1-c1ccccc1C(F)F)C(=O)NC2=O. The molecule has 0 bridgehead atoms. The number of hydrogen-bond acceptors (Lipinski definition) is 4. The van der Waals surface area contributed by atoms with Crippen molar-refractivity contribution in [1.82, 2.24) is 9.88 Å². The molecule has 3 rings (SSSR count). The molecule has 3 N–H and O–H groups in total. The van der Waals surface area contributed by atoms with E-state index in [0.29, 0.717) is 0 Å². The number of nitrogens with one attached hydrogen (secondary N) is 1. The van der Waals surface area contributed by atoms with Crippen LogP contribution in [0.15, 0.2) is 35.1 Å². The Hall–Kier alpha value is -3.03. The first-order chi connectivity index (χ1) is 10.4. The van der Waals surface area contributed by atoms with E-state index in [2.05, 4.69) is 0 Å². The lowest BCUT2D eigenvalue weighted by molar-refractivity contribution is 0.0880. The number of carbonyl (C=O) groups excluding carboxylic acids is 2. The van der Waals surface area contributed by atoms with Crippen LogP contribution >= 0.6 is 0 Å². The third kappa shape index (κ3) is 1.88. The highest BCUT2D eigenvalue weighted by atomic mass is 19.3. The maximum Gasteiger partial charge on any atom is 0.265 e. The quantitative estimate of drug-likeness (QED) is 0.816. The van der Waals surface area contributed by atoms with Gasteiger partial charge in [-0.15, -0.1) is 0 Å². The van der Waals surface area contributed by atoms with Gasteiger partial charge in [-0.2, -0.15) is 0 Å². The molecular weight excluding hydrogens is 296 g/mol. The number of carbonyl (C=O) groups is 2. The number of alkyl halides is 2. The summed E-state index contributed by atoms with van der Waals surface area (Å²) in [5, 5.41) is 2.01. The molecule has 2 amide bonds. The number of amides is 2. The van der Waals surface area contributed by atoms with E-state index < -0.39 is 29.4 Å².